The van der Waals surface area contributed by atoms with Gasteiger partial charge in [-0.05, 0) is 79.2 Å². The van der Waals surface area contributed by atoms with Crippen molar-refractivity contribution in [2.24, 2.45) is 0 Å². The van der Waals surface area contributed by atoms with Gasteiger partial charge in [0.25, 0.3) is 26.0 Å². The fourth-order valence-corrected chi connectivity index (χ4v) is 5.95. The Bertz CT molecular complexity index is 1740. The molecule has 0 aliphatic heterocycles. The Morgan fingerprint density at radius 2 is 1.30 bits per heavy atom. The minimum atomic E-state index is -3.97. The maximum atomic E-state index is 12.9. The van der Waals surface area contributed by atoms with Crippen molar-refractivity contribution in [1.29, 1.82) is 0 Å². The van der Waals surface area contributed by atoms with E-state index in [0.717, 1.165) is 0 Å². The van der Waals surface area contributed by atoms with Crippen LogP contribution in [0.2, 0.25) is 0 Å². The molecule has 0 radical (unpaired) electrons. The molecule has 0 aromatic heterocycles. The van der Waals surface area contributed by atoms with E-state index in [2.05, 4.69) is 14.8 Å². The maximum Gasteiger partial charge on any atom is 0.262 e. The average Bonchev–Trinajstić information content (AvgIpc) is 2.94. The third-order valence-corrected chi connectivity index (χ3v) is 8.62. The lowest BCUT2D eigenvalue weighted by molar-refractivity contribution is 0.102. The van der Waals surface area contributed by atoms with Crippen molar-refractivity contribution in [2.45, 2.75) is 16.7 Å². The van der Waals surface area contributed by atoms with Crippen LogP contribution in [0.5, 0.6) is 11.5 Å². The Hall–Kier alpha value is -4.55. The van der Waals surface area contributed by atoms with Crippen molar-refractivity contribution in [3.8, 4) is 11.5 Å². The number of rotatable bonds is 10. The number of carbonyl (C=O) groups excluding carboxylic acids is 1. The molecule has 0 unspecified atom stereocenters. The van der Waals surface area contributed by atoms with Crippen LogP contribution in [0.3, 0.4) is 0 Å². The van der Waals surface area contributed by atoms with Gasteiger partial charge in [0, 0.05) is 17.3 Å². The first-order chi connectivity index (χ1) is 19.0. The predicted molar refractivity (Wildman–Crippen MR) is 153 cm³/mol. The van der Waals surface area contributed by atoms with Gasteiger partial charge in [-0.2, -0.15) is 0 Å². The molecule has 0 fully saturated rings. The summed E-state index contributed by atoms with van der Waals surface area (Å²) in [5.41, 5.74) is 1.77. The molecule has 0 atom stereocenters. The summed E-state index contributed by atoms with van der Waals surface area (Å²) in [7, 11) is -4.85. The number of ether oxygens (including phenoxy) is 2. The molecular formula is C28H27N3O7S2. The topological polar surface area (TPSA) is 140 Å². The molecule has 1 amide bonds. The van der Waals surface area contributed by atoms with Gasteiger partial charge < -0.3 is 14.8 Å². The fourth-order valence-electron chi connectivity index (χ4n) is 3.74. The molecule has 3 N–H and O–H groups in total. The molecule has 0 saturated carbocycles. The number of hydrogen-bond acceptors (Lipinski definition) is 7. The Balaban J connectivity index is 1.45. The van der Waals surface area contributed by atoms with Crippen LogP contribution in [0.4, 0.5) is 17.1 Å². The highest BCUT2D eigenvalue weighted by molar-refractivity contribution is 7.93. The molecule has 40 heavy (non-hydrogen) atoms. The summed E-state index contributed by atoms with van der Waals surface area (Å²) in [5, 5.41) is 2.71. The third kappa shape index (κ3) is 6.53. The van der Waals surface area contributed by atoms with Gasteiger partial charge in [-0.1, -0.05) is 18.2 Å². The standard InChI is InChI=1S/C28H27N3O7S2/c1-19-17-20(9-15-25(19)30-39(33,34)23-7-5-4-6-8-23)28(32)29-21-10-13-24(14-11-21)40(35,36)31-26-18-22(37-2)12-16-27(26)38-3/h4-18,30-31H,1-3H3,(H,29,32). The number of amides is 1. The van der Waals surface area contributed by atoms with Crippen LogP contribution in [-0.4, -0.2) is 37.0 Å². The lowest BCUT2D eigenvalue weighted by atomic mass is 10.1. The summed E-state index contributed by atoms with van der Waals surface area (Å²) in [6.45, 7) is 1.68. The van der Waals surface area contributed by atoms with Gasteiger partial charge in [0.2, 0.25) is 0 Å². The van der Waals surface area contributed by atoms with Gasteiger partial charge in [0.05, 0.1) is 35.4 Å². The van der Waals surface area contributed by atoms with Gasteiger partial charge in [-0.15, -0.1) is 0 Å². The summed E-state index contributed by atoms with van der Waals surface area (Å²) < 4.78 is 66.5. The van der Waals surface area contributed by atoms with Crippen molar-refractivity contribution in [1.82, 2.24) is 0 Å². The van der Waals surface area contributed by atoms with Gasteiger partial charge in [-0.3, -0.25) is 14.2 Å². The number of nitrogens with one attached hydrogen (secondary N) is 3. The third-order valence-electron chi connectivity index (χ3n) is 5.86. The Morgan fingerprint density at radius 3 is 1.90 bits per heavy atom. The van der Waals surface area contributed by atoms with Crippen LogP contribution in [-0.2, 0) is 20.0 Å². The number of aryl methyl sites for hydroxylation is 1. The SMILES string of the molecule is COc1ccc(OC)c(NS(=O)(=O)c2ccc(NC(=O)c3ccc(NS(=O)(=O)c4ccccc4)c(C)c3)cc2)c1. The summed E-state index contributed by atoms with van der Waals surface area (Å²) in [6, 6.07) is 22.9. The Kier molecular flexibility index (Phi) is 8.31. The largest absolute Gasteiger partial charge is 0.497 e. The second-order valence-electron chi connectivity index (χ2n) is 8.60. The van der Waals surface area contributed by atoms with E-state index in [4.69, 9.17) is 9.47 Å². The Morgan fingerprint density at radius 1 is 0.675 bits per heavy atom. The molecule has 12 heteroatoms. The van der Waals surface area contributed by atoms with Crippen LogP contribution in [0.1, 0.15) is 15.9 Å². The first-order valence-electron chi connectivity index (χ1n) is 11.9. The van der Waals surface area contributed by atoms with Gasteiger partial charge in [0.15, 0.2) is 0 Å². The van der Waals surface area contributed by atoms with E-state index in [1.807, 2.05) is 0 Å². The molecule has 0 aliphatic rings. The molecule has 0 heterocycles. The quantitative estimate of drug-likeness (QED) is 0.243. The van der Waals surface area contributed by atoms with E-state index >= 15 is 0 Å². The van der Waals surface area contributed by atoms with Crippen LogP contribution >= 0.6 is 0 Å². The predicted octanol–water partition coefficient (Wildman–Crippen LogP) is 4.87. The lowest BCUT2D eigenvalue weighted by Gasteiger charge is -2.14. The van der Waals surface area contributed by atoms with Crippen molar-refractivity contribution in [3.63, 3.8) is 0 Å². The van der Waals surface area contributed by atoms with E-state index in [1.54, 1.807) is 43.3 Å². The highest BCUT2D eigenvalue weighted by Gasteiger charge is 2.19. The van der Waals surface area contributed by atoms with Crippen LogP contribution < -0.4 is 24.2 Å². The zero-order chi connectivity index (χ0) is 28.9. The molecule has 0 saturated heterocycles. The minimum Gasteiger partial charge on any atom is -0.497 e. The van der Waals surface area contributed by atoms with Crippen LogP contribution in [0.25, 0.3) is 0 Å². The smallest absolute Gasteiger partial charge is 0.262 e. The summed E-state index contributed by atoms with van der Waals surface area (Å²) >= 11 is 0. The molecule has 10 nitrogen and oxygen atoms in total. The van der Waals surface area contributed by atoms with E-state index in [0.29, 0.717) is 34.0 Å². The second kappa shape index (κ2) is 11.7. The monoisotopic (exact) mass is 581 g/mol. The van der Waals surface area contributed by atoms with E-state index in [-0.39, 0.29) is 15.5 Å². The number of carbonyl (C=O) groups is 1. The summed E-state index contributed by atoms with van der Waals surface area (Å²) in [4.78, 5) is 12.9. The van der Waals surface area contributed by atoms with Crippen molar-refractivity contribution < 1.29 is 31.1 Å². The van der Waals surface area contributed by atoms with Crippen LogP contribution in [0.15, 0.2) is 101 Å². The number of benzene rings is 4. The van der Waals surface area contributed by atoms with E-state index in [9.17, 15) is 21.6 Å². The molecule has 208 valence electrons. The zero-order valence-electron chi connectivity index (χ0n) is 21.8. The number of anilines is 3. The first kappa shape index (κ1) is 28.5. The fraction of sp³-hybridized carbons (Fsp3) is 0.107. The van der Waals surface area contributed by atoms with Crippen molar-refractivity contribution >= 4 is 43.0 Å². The van der Waals surface area contributed by atoms with Gasteiger partial charge >= 0.3 is 0 Å². The van der Waals surface area contributed by atoms with Crippen LogP contribution in [0, 0.1) is 6.92 Å². The maximum absolute atomic E-state index is 12.9. The summed E-state index contributed by atoms with van der Waals surface area (Å²) in [5.74, 6) is 0.325. The Labute approximate surface area is 233 Å². The normalized spacial score (nSPS) is 11.4. The molecule has 0 bridgehead atoms. The van der Waals surface area contributed by atoms with E-state index < -0.39 is 26.0 Å². The first-order valence-corrected chi connectivity index (χ1v) is 14.8. The number of methoxy groups -OCH3 is 2. The van der Waals surface area contributed by atoms with Crippen molar-refractivity contribution in [2.75, 3.05) is 29.0 Å². The molecule has 4 aromatic rings. The second-order valence-corrected chi connectivity index (χ2v) is 12.0. The summed E-state index contributed by atoms with van der Waals surface area (Å²) in [6.07, 6.45) is 0. The lowest BCUT2D eigenvalue weighted by Crippen LogP contribution is -2.16. The highest BCUT2D eigenvalue weighted by Crippen LogP contribution is 2.31. The van der Waals surface area contributed by atoms with Gasteiger partial charge in [-0.25, -0.2) is 16.8 Å². The minimum absolute atomic E-state index is 0.0266. The number of hydrogen-bond donors (Lipinski definition) is 3. The number of sulfonamides is 2. The highest BCUT2D eigenvalue weighted by atomic mass is 32.2. The molecular weight excluding hydrogens is 554 g/mol. The zero-order valence-corrected chi connectivity index (χ0v) is 23.5. The van der Waals surface area contributed by atoms with E-state index in [1.165, 1.54) is 68.8 Å². The molecule has 4 rings (SSSR count). The average molecular weight is 582 g/mol. The molecule has 0 aliphatic carbocycles. The van der Waals surface area contributed by atoms with Crippen molar-refractivity contribution in [3.05, 3.63) is 102 Å². The molecule has 0 spiro atoms. The molecule has 4 aromatic carbocycles. The van der Waals surface area contributed by atoms with Gasteiger partial charge in [0.1, 0.15) is 11.5 Å².